The van der Waals surface area contributed by atoms with Gasteiger partial charge in [-0.1, -0.05) is 0 Å². The van der Waals surface area contributed by atoms with E-state index >= 15 is 0 Å². The lowest BCUT2D eigenvalue weighted by Crippen LogP contribution is -2.00. The molecule has 0 aromatic carbocycles. The summed E-state index contributed by atoms with van der Waals surface area (Å²) < 4.78 is 1.62. The Morgan fingerprint density at radius 3 is 2.59 bits per heavy atom. The molecule has 1 N–H and O–H groups in total. The monoisotopic (exact) mass is 251 g/mol. The van der Waals surface area contributed by atoms with Crippen molar-refractivity contribution in [2.24, 2.45) is 0 Å². The Morgan fingerprint density at radius 2 is 2.12 bits per heavy atom. The van der Waals surface area contributed by atoms with Crippen molar-refractivity contribution in [2.45, 2.75) is 27.3 Å². The summed E-state index contributed by atoms with van der Waals surface area (Å²) in [5.41, 5.74) is 1.80. The molecule has 0 amide bonds. The summed E-state index contributed by atoms with van der Waals surface area (Å²) in [6, 6.07) is 0. The van der Waals surface area contributed by atoms with Gasteiger partial charge in [0.25, 0.3) is 0 Å². The highest BCUT2D eigenvalue weighted by Crippen LogP contribution is 2.17. The van der Waals surface area contributed by atoms with E-state index in [4.69, 9.17) is 5.11 Å². The van der Waals surface area contributed by atoms with Gasteiger partial charge in [0, 0.05) is 11.1 Å². The predicted octanol–water partition coefficient (Wildman–Crippen LogP) is 2.01. The van der Waals surface area contributed by atoms with Gasteiger partial charge in [0.1, 0.15) is 10.6 Å². The van der Waals surface area contributed by atoms with E-state index in [1.165, 1.54) is 4.88 Å². The van der Waals surface area contributed by atoms with Gasteiger partial charge in [0.05, 0.1) is 17.9 Å². The van der Waals surface area contributed by atoms with Gasteiger partial charge in [0.15, 0.2) is 0 Å². The molecule has 0 aliphatic rings. The average molecular weight is 251 g/mol. The van der Waals surface area contributed by atoms with Crippen LogP contribution in [0.15, 0.2) is 6.20 Å². The maximum atomic E-state index is 10.9. The second-order valence-corrected chi connectivity index (χ2v) is 5.17. The van der Waals surface area contributed by atoms with Crippen molar-refractivity contribution in [1.82, 2.24) is 14.8 Å². The van der Waals surface area contributed by atoms with Crippen LogP contribution in [0.1, 0.15) is 31.6 Å². The zero-order chi connectivity index (χ0) is 12.6. The molecule has 5 nitrogen and oxygen atoms in total. The molecule has 0 unspecified atom stereocenters. The fourth-order valence-corrected chi connectivity index (χ4v) is 2.48. The van der Waals surface area contributed by atoms with Gasteiger partial charge < -0.3 is 5.11 Å². The number of aromatic carboxylic acids is 1. The maximum Gasteiger partial charge on any atom is 0.339 e. The summed E-state index contributed by atoms with van der Waals surface area (Å²) in [5, 5.41) is 14.0. The quantitative estimate of drug-likeness (QED) is 0.906. The fourth-order valence-electron chi connectivity index (χ4n) is 1.55. The van der Waals surface area contributed by atoms with Crippen molar-refractivity contribution in [3.63, 3.8) is 0 Å². The van der Waals surface area contributed by atoms with Crippen LogP contribution >= 0.6 is 11.3 Å². The number of aromatic nitrogens is 3. The minimum Gasteiger partial charge on any atom is -0.478 e. The molecule has 0 radical (unpaired) electrons. The molecule has 6 heteroatoms. The van der Waals surface area contributed by atoms with Crippen LogP contribution in [0, 0.1) is 20.8 Å². The highest BCUT2D eigenvalue weighted by atomic mass is 32.1. The first kappa shape index (κ1) is 11.8. The molecule has 0 saturated heterocycles. The van der Waals surface area contributed by atoms with Crippen LogP contribution in [0.2, 0.25) is 0 Å². The van der Waals surface area contributed by atoms with E-state index in [0.29, 0.717) is 12.2 Å². The van der Waals surface area contributed by atoms with Crippen LogP contribution in [0.5, 0.6) is 0 Å². The first-order valence-electron chi connectivity index (χ1n) is 5.17. The number of hydrogen-bond acceptors (Lipinski definition) is 4. The summed E-state index contributed by atoms with van der Waals surface area (Å²) in [5.74, 6) is -0.944. The van der Waals surface area contributed by atoms with E-state index in [9.17, 15) is 4.79 Å². The van der Waals surface area contributed by atoms with Crippen molar-refractivity contribution in [2.75, 3.05) is 0 Å². The summed E-state index contributed by atoms with van der Waals surface area (Å²) in [6.07, 6.45) is 1.55. The number of rotatable bonds is 3. The molecule has 0 fully saturated rings. The first-order valence-corrected chi connectivity index (χ1v) is 5.99. The summed E-state index contributed by atoms with van der Waals surface area (Å²) >= 11 is 1.61. The third kappa shape index (κ3) is 2.36. The molecular weight excluding hydrogens is 238 g/mol. The van der Waals surface area contributed by atoms with Crippen molar-refractivity contribution in [3.8, 4) is 0 Å². The molecule has 0 saturated carbocycles. The summed E-state index contributed by atoms with van der Waals surface area (Å²) in [6.45, 7) is 6.20. The second-order valence-electron chi connectivity index (χ2n) is 3.88. The summed E-state index contributed by atoms with van der Waals surface area (Å²) in [7, 11) is 0. The lowest BCUT2D eigenvalue weighted by Gasteiger charge is -1.95. The van der Waals surface area contributed by atoms with Gasteiger partial charge in [-0.15, -0.1) is 11.3 Å². The molecule has 2 heterocycles. The minimum atomic E-state index is -0.944. The highest BCUT2D eigenvalue weighted by Gasteiger charge is 2.12. The molecule has 2 aromatic rings. The zero-order valence-electron chi connectivity index (χ0n) is 9.89. The Bertz CT molecular complexity index is 552. The number of thiazole rings is 1. The standard InChI is InChI=1S/C11H13N3O2S/c1-6-8(3)17-10(12-6)5-14-4-9(11(15)16)7(2)13-14/h4H,5H2,1-3H3,(H,15,16). The number of carboxylic acid groups (broad SMARTS) is 1. The Hall–Kier alpha value is -1.69. The Morgan fingerprint density at radius 1 is 1.41 bits per heavy atom. The van der Waals surface area contributed by atoms with Gasteiger partial charge in [-0.25, -0.2) is 9.78 Å². The van der Waals surface area contributed by atoms with Gasteiger partial charge >= 0.3 is 5.97 Å². The largest absolute Gasteiger partial charge is 0.478 e. The number of nitrogens with zero attached hydrogens (tertiary/aromatic N) is 3. The van der Waals surface area contributed by atoms with Crippen LogP contribution in [-0.4, -0.2) is 25.8 Å². The number of carbonyl (C=O) groups is 1. The predicted molar refractivity (Wildman–Crippen MR) is 64.6 cm³/mol. The van der Waals surface area contributed by atoms with E-state index in [2.05, 4.69) is 10.1 Å². The normalized spacial score (nSPS) is 10.8. The minimum absolute atomic E-state index is 0.245. The van der Waals surface area contributed by atoms with Crippen LogP contribution in [0.25, 0.3) is 0 Å². The fraction of sp³-hybridized carbons (Fsp3) is 0.364. The van der Waals surface area contributed by atoms with Crippen molar-refractivity contribution in [1.29, 1.82) is 0 Å². The number of hydrogen-bond donors (Lipinski definition) is 1. The number of carboxylic acids is 1. The van der Waals surface area contributed by atoms with Crippen molar-refractivity contribution >= 4 is 17.3 Å². The Balaban J connectivity index is 2.24. The van der Waals surface area contributed by atoms with Crippen LogP contribution in [0.4, 0.5) is 0 Å². The molecule has 90 valence electrons. The van der Waals surface area contributed by atoms with Crippen LogP contribution in [-0.2, 0) is 6.54 Å². The molecule has 0 atom stereocenters. The Labute approximate surface area is 103 Å². The highest BCUT2D eigenvalue weighted by molar-refractivity contribution is 7.11. The molecule has 17 heavy (non-hydrogen) atoms. The topological polar surface area (TPSA) is 68.0 Å². The van der Waals surface area contributed by atoms with Gasteiger partial charge in [-0.05, 0) is 20.8 Å². The van der Waals surface area contributed by atoms with E-state index in [0.717, 1.165) is 10.7 Å². The smallest absolute Gasteiger partial charge is 0.339 e. The van der Waals surface area contributed by atoms with Gasteiger partial charge in [-0.2, -0.15) is 5.10 Å². The molecule has 2 rings (SSSR count). The van der Waals surface area contributed by atoms with E-state index in [1.807, 2.05) is 13.8 Å². The second kappa shape index (κ2) is 4.29. The lowest BCUT2D eigenvalue weighted by atomic mass is 10.3. The van der Waals surface area contributed by atoms with E-state index < -0.39 is 5.97 Å². The summed E-state index contributed by atoms with van der Waals surface area (Å²) in [4.78, 5) is 16.5. The molecule has 0 aliphatic heterocycles. The van der Waals surface area contributed by atoms with Crippen molar-refractivity contribution in [3.05, 3.63) is 33.0 Å². The zero-order valence-corrected chi connectivity index (χ0v) is 10.7. The first-order chi connectivity index (χ1) is 7.97. The van der Waals surface area contributed by atoms with Crippen LogP contribution < -0.4 is 0 Å². The van der Waals surface area contributed by atoms with E-state index in [-0.39, 0.29) is 5.56 Å². The van der Waals surface area contributed by atoms with E-state index in [1.54, 1.807) is 29.1 Å². The molecular formula is C11H13N3O2S. The third-order valence-corrected chi connectivity index (χ3v) is 3.60. The number of aryl methyl sites for hydroxylation is 3. The average Bonchev–Trinajstić information content (AvgIpc) is 2.72. The third-order valence-electron chi connectivity index (χ3n) is 2.55. The van der Waals surface area contributed by atoms with Gasteiger partial charge in [-0.3, -0.25) is 4.68 Å². The molecule has 0 aliphatic carbocycles. The Kier molecular flexibility index (Phi) is 2.97. The van der Waals surface area contributed by atoms with Gasteiger partial charge in [0.2, 0.25) is 0 Å². The lowest BCUT2D eigenvalue weighted by molar-refractivity contribution is 0.0696. The van der Waals surface area contributed by atoms with Crippen molar-refractivity contribution < 1.29 is 9.90 Å². The van der Waals surface area contributed by atoms with Crippen LogP contribution in [0.3, 0.4) is 0 Å². The molecule has 2 aromatic heterocycles. The molecule has 0 spiro atoms. The molecule has 0 bridgehead atoms. The maximum absolute atomic E-state index is 10.9. The SMILES string of the molecule is Cc1nn(Cc2nc(C)c(C)s2)cc1C(=O)O.